The number of imidazole rings is 1. The molecule has 5 nitrogen and oxygen atoms in total. The fourth-order valence-corrected chi connectivity index (χ4v) is 3.64. The lowest BCUT2D eigenvalue weighted by Gasteiger charge is -2.26. The van der Waals surface area contributed by atoms with E-state index in [0.29, 0.717) is 23.0 Å². The first-order chi connectivity index (χ1) is 13.3. The van der Waals surface area contributed by atoms with Crippen molar-refractivity contribution in [2.24, 2.45) is 5.92 Å². The summed E-state index contributed by atoms with van der Waals surface area (Å²) in [4.78, 5) is 12.3. The van der Waals surface area contributed by atoms with E-state index in [1.807, 2.05) is 18.2 Å². The molecule has 8 heteroatoms. The summed E-state index contributed by atoms with van der Waals surface area (Å²) in [6.45, 7) is 5.12. The number of aromatic amines is 1. The van der Waals surface area contributed by atoms with Crippen molar-refractivity contribution < 1.29 is 13.2 Å². The Labute approximate surface area is 161 Å². The molecule has 2 atom stereocenters. The van der Waals surface area contributed by atoms with Crippen molar-refractivity contribution in [3.63, 3.8) is 0 Å². The van der Waals surface area contributed by atoms with Gasteiger partial charge in [0.25, 0.3) is 0 Å². The van der Waals surface area contributed by atoms with Crippen molar-refractivity contribution in [2.75, 3.05) is 11.4 Å². The molecular weight excluding hydrogens is 367 g/mol. The Hall–Kier alpha value is -2.61. The number of nitrogens with zero attached hydrogens (tertiary/aromatic N) is 3. The van der Waals surface area contributed by atoms with Gasteiger partial charge < -0.3 is 9.88 Å². The third-order valence-electron chi connectivity index (χ3n) is 5.22. The standard InChI is InChI=1S/C20H22F3N5/c1-12(2)17-11-28(18(25-17)9-13-5-7-24-8-6-13)14-3-4-15-16(10-14)27-19(26-15)20(21,22)23/h3-8,10,12,17-18,25H,9,11H2,1-2H3,(H,26,27). The SMILES string of the molecule is CC(C)C1CN(c2ccc3nc(C(F)(F)F)[nH]c3c2)C(Cc2ccncc2)N1. The Morgan fingerprint density at radius 2 is 1.93 bits per heavy atom. The normalized spacial score (nSPS) is 20.4. The summed E-state index contributed by atoms with van der Waals surface area (Å²) in [7, 11) is 0. The highest BCUT2D eigenvalue weighted by atomic mass is 19.4. The quantitative estimate of drug-likeness (QED) is 0.709. The minimum atomic E-state index is -4.49. The molecule has 2 unspecified atom stereocenters. The van der Waals surface area contributed by atoms with E-state index in [-0.39, 0.29) is 6.17 Å². The first-order valence-electron chi connectivity index (χ1n) is 9.30. The zero-order valence-electron chi connectivity index (χ0n) is 15.7. The second kappa shape index (κ2) is 7.09. The summed E-state index contributed by atoms with van der Waals surface area (Å²) in [5.74, 6) is -0.523. The Morgan fingerprint density at radius 3 is 2.61 bits per heavy atom. The lowest BCUT2D eigenvalue weighted by atomic mass is 10.1. The largest absolute Gasteiger partial charge is 0.449 e. The summed E-state index contributed by atoms with van der Waals surface area (Å²) in [6.07, 6.45) is -0.118. The maximum atomic E-state index is 13.0. The number of alkyl halides is 3. The van der Waals surface area contributed by atoms with Crippen LogP contribution >= 0.6 is 0 Å². The number of pyridine rings is 1. The fraction of sp³-hybridized carbons (Fsp3) is 0.400. The van der Waals surface area contributed by atoms with Gasteiger partial charge in [0.1, 0.15) is 0 Å². The highest BCUT2D eigenvalue weighted by Crippen LogP contribution is 2.31. The van der Waals surface area contributed by atoms with Gasteiger partial charge in [-0.2, -0.15) is 13.2 Å². The van der Waals surface area contributed by atoms with Crippen molar-refractivity contribution >= 4 is 16.7 Å². The van der Waals surface area contributed by atoms with E-state index in [9.17, 15) is 13.2 Å². The van der Waals surface area contributed by atoms with E-state index in [1.54, 1.807) is 24.5 Å². The molecule has 2 aromatic heterocycles. The average molecular weight is 389 g/mol. The van der Waals surface area contributed by atoms with Crippen molar-refractivity contribution in [2.45, 2.75) is 38.7 Å². The van der Waals surface area contributed by atoms with Gasteiger partial charge in [-0.3, -0.25) is 10.3 Å². The monoisotopic (exact) mass is 389 g/mol. The molecule has 1 fully saturated rings. The molecule has 3 aromatic rings. The molecule has 1 aliphatic heterocycles. The van der Waals surface area contributed by atoms with E-state index >= 15 is 0 Å². The summed E-state index contributed by atoms with van der Waals surface area (Å²) >= 11 is 0. The minimum Gasteiger partial charge on any atom is -0.354 e. The predicted molar refractivity (Wildman–Crippen MR) is 102 cm³/mol. The number of anilines is 1. The molecule has 0 aliphatic carbocycles. The van der Waals surface area contributed by atoms with E-state index < -0.39 is 12.0 Å². The smallest absolute Gasteiger partial charge is 0.354 e. The van der Waals surface area contributed by atoms with E-state index in [4.69, 9.17) is 0 Å². The first-order valence-corrected chi connectivity index (χ1v) is 9.30. The highest BCUT2D eigenvalue weighted by molar-refractivity contribution is 5.80. The van der Waals surface area contributed by atoms with Gasteiger partial charge in [-0.15, -0.1) is 0 Å². The molecule has 1 saturated heterocycles. The fourth-order valence-electron chi connectivity index (χ4n) is 3.64. The van der Waals surface area contributed by atoms with Crippen LogP contribution in [-0.2, 0) is 12.6 Å². The number of rotatable bonds is 4. The Bertz CT molecular complexity index is 951. The molecular formula is C20H22F3N5. The minimum absolute atomic E-state index is 0.0530. The predicted octanol–water partition coefficient (Wildman–Crippen LogP) is 3.98. The average Bonchev–Trinajstić information content (AvgIpc) is 3.26. The molecule has 0 bridgehead atoms. The van der Waals surface area contributed by atoms with E-state index in [2.05, 4.69) is 39.0 Å². The number of benzene rings is 1. The Morgan fingerprint density at radius 1 is 1.18 bits per heavy atom. The summed E-state index contributed by atoms with van der Waals surface area (Å²) < 4.78 is 38.9. The molecule has 1 aromatic carbocycles. The summed E-state index contributed by atoms with van der Waals surface area (Å²) in [5, 5.41) is 3.66. The number of nitrogens with one attached hydrogen (secondary N) is 2. The topological polar surface area (TPSA) is 56.8 Å². The number of aromatic nitrogens is 3. The maximum Gasteiger partial charge on any atom is 0.449 e. The van der Waals surface area contributed by atoms with E-state index in [0.717, 1.165) is 24.2 Å². The zero-order valence-corrected chi connectivity index (χ0v) is 15.7. The van der Waals surface area contributed by atoms with Gasteiger partial charge in [0.05, 0.1) is 17.2 Å². The first kappa shape index (κ1) is 18.7. The molecule has 0 amide bonds. The molecule has 28 heavy (non-hydrogen) atoms. The van der Waals surface area contributed by atoms with Crippen LogP contribution in [0.2, 0.25) is 0 Å². The van der Waals surface area contributed by atoms with Gasteiger partial charge in [-0.05, 0) is 41.8 Å². The number of fused-ring (bicyclic) bond motifs is 1. The van der Waals surface area contributed by atoms with Crippen molar-refractivity contribution in [3.8, 4) is 0 Å². The Balaban J connectivity index is 1.65. The van der Waals surface area contributed by atoms with Crippen LogP contribution in [-0.4, -0.2) is 33.7 Å². The lowest BCUT2D eigenvalue weighted by molar-refractivity contribution is -0.144. The van der Waals surface area contributed by atoms with Crippen molar-refractivity contribution in [1.29, 1.82) is 0 Å². The highest BCUT2D eigenvalue weighted by Gasteiger charge is 2.36. The Kier molecular flexibility index (Phi) is 4.74. The zero-order chi connectivity index (χ0) is 19.9. The number of H-pyrrole nitrogens is 1. The molecule has 148 valence electrons. The van der Waals surface area contributed by atoms with E-state index in [1.165, 1.54) is 0 Å². The van der Waals surface area contributed by atoms with Gasteiger partial charge in [0.15, 0.2) is 0 Å². The molecule has 2 N–H and O–H groups in total. The number of hydrogen-bond acceptors (Lipinski definition) is 4. The second-order valence-electron chi connectivity index (χ2n) is 7.53. The van der Waals surface area contributed by atoms with Gasteiger partial charge >= 0.3 is 6.18 Å². The lowest BCUT2D eigenvalue weighted by Crippen LogP contribution is -2.39. The van der Waals surface area contributed by atoms with Crippen molar-refractivity contribution in [3.05, 3.63) is 54.1 Å². The molecule has 0 radical (unpaired) electrons. The third-order valence-corrected chi connectivity index (χ3v) is 5.22. The van der Waals surface area contributed by atoms with Gasteiger partial charge in [-0.1, -0.05) is 13.8 Å². The third kappa shape index (κ3) is 3.69. The molecule has 0 saturated carbocycles. The van der Waals surface area contributed by atoms with Gasteiger partial charge in [0, 0.05) is 37.1 Å². The molecule has 1 aliphatic rings. The molecule has 3 heterocycles. The van der Waals surface area contributed by atoms with Gasteiger partial charge in [0.2, 0.25) is 5.82 Å². The van der Waals surface area contributed by atoms with Crippen LogP contribution in [0.3, 0.4) is 0 Å². The van der Waals surface area contributed by atoms with Crippen LogP contribution < -0.4 is 10.2 Å². The number of hydrogen-bond donors (Lipinski definition) is 2. The van der Waals surface area contributed by atoms with Crippen LogP contribution in [0, 0.1) is 5.92 Å². The van der Waals surface area contributed by atoms with Crippen LogP contribution in [0.25, 0.3) is 11.0 Å². The van der Waals surface area contributed by atoms with Crippen LogP contribution in [0.5, 0.6) is 0 Å². The van der Waals surface area contributed by atoms with Crippen LogP contribution in [0.4, 0.5) is 18.9 Å². The maximum absolute atomic E-state index is 13.0. The van der Waals surface area contributed by atoms with Crippen molar-refractivity contribution in [1.82, 2.24) is 20.3 Å². The number of halogens is 3. The van der Waals surface area contributed by atoms with Crippen LogP contribution in [0.15, 0.2) is 42.7 Å². The van der Waals surface area contributed by atoms with Crippen LogP contribution in [0.1, 0.15) is 25.2 Å². The van der Waals surface area contributed by atoms with Gasteiger partial charge in [-0.25, -0.2) is 4.98 Å². The molecule has 0 spiro atoms. The molecule has 4 rings (SSSR count). The summed E-state index contributed by atoms with van der Waals surface area (Å²) in [6, 6.07) is 9.50. The second-order valence-corrected chi connectivity index (χ2v) is 7.53. The summed E-state index contributed by atoms with van der Waals surface area (Å²) in [5.41, 5.74) is 2.73.